The maximum absolute atomic E-state index is 5.99. The van der Waals surface area contributed by atoms with Gasteiger partial charge in [0, 0.05) is 12.1 Å². The van der Waals surface area contributed by atoms with Gasteiger partial charge < -0.3 is 10.5 Å². The summed E-state index contributed by atoms with van der Waals surface area (Å²) in [6, 6.07) is 15.2. The van der Waals surface area contributed by atoms with Gasteiger partial charge in [-0.15, -0.1) is 0 Å². The van der Waals surface area contributed by atoms with Crippen LogP contribution in [0.1, 0.15) is 5.56 Å². The van der Waals surface area contributed by atoms with Crippen LogP contribution in [0.2, 0.25) is 5.02 Å². The van der Waals surface area contributed by atoms with Gasteiger partial charge >= 0.3 is 0 Å². The molecule has 0 aliphatic rings. The number of halogens is 1. The van der Waals surface area contributed by atoms with Crippen LogP contribution in [-0.2, 0) is 6.42 Å². The summed E-state index contributed by atoms with van der Waals surface area (Å²) in [5.41, 5.74) is 7.75. The Kier molecular flexibility index (Phi) is 3.89. The Bertz CT molecular complexity index is 454. The predicted molar refractivity (Wildman–Crippen MR) is 71.5 cm³/mol. The second-order valence-corrected chi connectivity index (χ2v) is 4.13. The van der Waals surface area contributed by atoms with Gasteiger partial charge in [-0.1, -0.05) is 41.9 Å². The van der Waals surface area contributed by atoms with Gasteiger partial charge in [-0.05, 0) is 23.8 Å². The number of nitrogen functional groups attached to an aromatic ring is 1. The van der Waals surface area contributed by atoms with E-state index < -0.39 is 0 Å². The lowest BCUT2D eigenvalue weighted by Gasteiger charge is -2.09. The smallest absolute Gasteiger partial charge is 0.137 e. The molecule has 2 N–H and O–H groups in total. The molecule has 0 amide bonds. The average molecular weight is 248 g/mol. The molecule has 0 bridgehead atoms. The first kappa shape index (κ1) is 11.8. The molecule has 0 spiro atoms. The third-order valence-corrected chi connectivity index (χ3v) is 2.83. The first-order valence-corrected chi connectivity index (χ1v) is 5.86. The largest absolute Gasteiger partial charge is 0.492 e. The highest BCUT2D eigenvalue weighted by Gasteiger charge is 2.01. The number of hydrogen-bond donors (Lipinski definition) is 1. The number of nitrogens with two attached hydrogens (primary N) is 1. The Morgan fingerprint density at radius 1 is 1.00 bits per heavy atom. The third-order valence-electron chi connectivity index (χ3n) is 2.52. The molecule has 0 heterocycles. The zero-order valence-corrected chi connectivity index (χ0v) is 10.2. The van der Waals surface area contributed by atoms with Crippen LogP contribution in [0.15, 0.2) is 48.5 Å². The predicted octanol–water partition coefficient (Wildman–Crippen LogP) is 3.54. The molecule has 0 fully saturated rings. The maximum Gasteiger partial charge on any atom is 0.137 e. The minimum Gasteiger partial charge on any atom is -0.492 e. The monoisotopic (exact) mass is 247 g/mol. The molecule has 3 heteroatoms. The second kappa shape index (κ2) is 5.60. The van der Waals surface area contributed by atoms with Crippen molar-refractivity contribution < 1.29 is 4.74 Å². The highest BCUT2D eigenvalue weighted by Crippen LogP contribution is 2.23. The molecule has 0 atom stereocenters. The van der Waals surface area contributed by atoms with Crippen LogP contribution >= 0.6 is 11.6 Å². The molecular weight excluding hydrogens is 234 g/mol. The quantitative estimate of drug-likeness (QED) is 0.839. The Balaban J connectivity index is 1.93. The molecular formula is C14H14ClNO. The lowest BCUT2D eigenvalue weighted by atomic mass is 10.1. The van der Waals surface area contributed by atoms with Crippen molar-refractivity contribution in [2.24, 2.45) is 0 Å². The van der Waals surface area contributed by atoms with Crippen molar-refractivity contribution in [1.29, 1.82) is 0 Å². The molecule has 0 aliphatic carbocycles. The molecule has 2 aromatic rings. The molecule has 0 radical (unpaired) electrons. The van der Waals surface area contributed by atoms with Gasteiger partial charge in [-0.3, -0.25) is 0 Å². The van der Waals surface area contributed by atoms with Gasteiger partial charge in [0.25, 0.3) is 0 Å². The summed E-state index contributed by atoms with van der Waals surface area (Å²) < 4.78 is 5.61. The zero-order chi connectivity index (χ0) is 12.1. The van der Waals surface area contributed by atoms with Crippen LogP contribution in [0.4, 0.5) is 5.69 Å². The minimum absolute atomic E-state index is 0.567. The summed E-state index contributed by atoms with van der Waals surface area (Å²) >= 11 is 5.99. The SMILES string of the molecule is Nc1ccccc1CCOc1ccccc1Cl. The average Bonchev–Trinajstić information content (AvgIpc) is 2.34. The van der Waals surface area contributed by atoms with Crippen molar-refractivity contribution in [2.75, 3.05) is 12.3 Å². The molecule has 17 heavy (non-hydrogen) atoms. The maximum atomic E-state index is 5.99. The van der Waals surface area contributed by atoms with Gasteiger partial charge in [-0.25, -0.2) is 0 Å². The summed E-state index contributed by atoms with van der Waals surface area (Å²) in [5.74, 6) is 0.712. The normalized spacial score (nSPS) is 10.2. The topological polar surface area (TPSA) is 35.2 Å². The highest BCUT2D eigenvalue weighted by molar-refractivity contribution is 6.32. The van der Waals surface area contributed by atoms with E-state index in [0.717, 1.165) is 17.7 Å². The van der Waals surface area contributed by atoms with Crippen LogP contribution in [-0.4, -0.2) is 6.61 Å². The summed E-state index contributed by atoms with van der Waals surface area (Å²) in [6.45, 7) is 0.567. The van der Waals surface area contributed by atoms with Crippen LogP contribution in [0, 0.1) is 0 Å². The summed E-state index contributed by atoms with van der Waals surface area (Å²) in [6.07, 6.45) is 0.776. The Morgan fingerprint density at radius 3 is 2.47 bits per heavy atom. The number of anilines is 1. The first-order valence-electron chi connectivity index (χ1n) is 5.48. The van der Waals surface area contributed by atoms with Crippen LogP contribution in [0.3, 0.4) is 0 Å². The van der Waals surface area contributed by atoms with E-state index in [4.69, 9.17) is 22.1 Å². The molecule has 0 saturated heterocycles. The van der Waals surface area contributed by atoms with Crippen molar-refractivity contribution in [3.05, 3.63) is 59.1 Å². The molecule has 0 saturated carbocycles. The second-order valence-electron chi connectivity index (χ2n) is 3.73. The number of ether oxygens (including phenoxy) is 1. The van der Waals surface area contributed by atoms with E-state index in [9.17, 15) is 0 Å². The summed E-state index contributed by atoms with van der Waals surface area (Å²) in [7, 11) is 0. The number of hydrogen-bond acceptors (Lipinski definition) is 2. The van der Waals surface area contributed by atoms with Gasteiger partial charge in [-0.2, -0.15) is 0 Å². The number of benzene rings is 2. The van der Waals surface area contributed by atoms with Crippen molar-refractivity contribution >= 4 is 17.3 Å². The molecule has 88 valence electrons. The Morgan fingerprint density at radius 2 is 1.71 bits per heavy atom. The molecule has 2 rings (SSSR count). The van der Waals surface area contributed by atoms with Gasteiger partial charge in [0.1, 0.15) is 5.75 Å². The number of para-hydroxylation sites is 2. The molecule has 0 aromatic heterocycles. The van der Waals surface area contributed by atoms with E-state index in [2.05, 4.69) is 0 Å². The van der Waals surface area contributed by atoms with Gasteiger partial charge in [0.15, 0.2) is 0 Å². The van der Waals surface area contributed by atoms with E-state index in [0.29, 0.717) is 17.4 Å². The highest BCUT2D eigenvalue weighted by atomic mass is 35.5. The molecule has 0 unspecified atom stereocenters. The Hall–Kier alpha value is -1.67. The fourth-order valence-electron chi connectivity index (χ4n) is 1.59. The molecule has 0 aliphatic heterocycles. The van der Waals surface area contributed by atoms with Crippen LogP contribution in [0.25, 0.3) is 0 Å². The van der Waals surface area contributed by atoms with E-state index >= 15 is 0 Å². The minimum atomic E-state index is 0.567. The van der Waals surface area contributed by atoms with Gasteiger partial charge in [0.2, 0.25) is 0 Å². The van der Waals surface area contributed by atoms with E-state index in [1.807, 2.05) is 48.5 Å². The van der Waals surface area contributed by atoms with E-state index in [1.165, 1.54) is 0 Å². The van der Waals surface area contributed by atoms with Crippen LogP contribution < -0.4 is 10.5 Å². The summed E-state index contributed by atoms with van der Waals surface area (Å²) in [4.78, 5) is 0. The molecule has 2 nitrogen and oxygen atoms in total. The number of rotatable bonds is 4. The molecule has 2 aromatic carbocycles. The van der Waals surface area contributed by atoms with Crippen molar-refractivity contribution in [1.82, 2.24) is 0 Å². The zero-order valence-electron chi connectivity index (χ0n) is 9.40. The summed E-state index contributed by atoms with van der Waals surface area (Å²) in [5, 5.41) is 0.633. The fraction of sp³-hybridized carbons (Fsp3) is 0.143. The first-order chi connectivity index (χ1) is 8.27. The standard InChI is InChI=1S/C14H14ClNO/c15-12-6-2-4-8-14(12)17-10-9-11-5-1-3-7-13(11)16/h1-8H,9-10,16H2. The lowest BCUT2D eigenvalue weighted by molar-refractivity contribution is 0.322. The van der Waals surface area contributed by atoms with Crippen molar-refractivity contribution in [2.45, 2.75) is 6.42 Å². The Labute approximate surface area is 106 Å². The van der Waals surface area contributed by atoms with Crippen LogP contribution in [0.5, 0.6) is 5.75 Å². The third kappa shape index (κ3) is 3.14. The fourth-order valence-corrected chi connectivity index (χ4v) is 1.78. The lowest BCUT2D eigenvalue weighted by Crippen LogP contribution is -2.03. The van der Waals surface area contributed by atoms with Gasteiger partial charge in [0.05, 0.1) is 11.6 Å². The van der Waals surface area contributed by atoms with E-state index in [-0.39, 0.29) is 0 Å². The van der Waals surface area contributed by atoms with E-state index in [1.54, 1.807) is 0 Å². The van der Waals surface area contributed by atoms with Crippen molar-refractivity contribution in [3.63, 3.8) is 0 Å². The van der Waals surface area contributed by atoms with Crippen molar-refractivity contribution in [3.8, 4) is 5.75 Å².